The lowest BCUT2D eigenvalue weighted by atomic mass is 10.3. The molecule has 0 spiro atoms. The first kappa shape index (κ1) is 18.3. The minimum atomic E-state index is -0.402. The fraction of sp³-hybridized carbons (Fsp3) is 0.733. The van der Waals surface area contributed by atoms with Crippen molar-refractivity contribution in [3.05, 3.63) is 16.4 Å². The van der Waals surface area contributed by atoms with E-state index in [9.17, 15) is 10.1 Å². The van der Waals surface area contributed by atoms with Gasteiger partial charge in [0, 0.05) is 39.3 Å². The molecule has 134 valence electrons. The van der Waals surface area contributed by atoms with Gasteiger partial charge in [0.05, 0.1) is 11.0 Å². The average Bonchev–Trinajstić information content (AvgIpc) is 2.54. The normalized spacial score (nSPS) is 15.8. The van der Waals surface area contributed by atoms with Crippen molar-refractivity contribution in [1.82, 2.24) is 14.9 Å². The van der Waals surface area contributed by atoms with Gasteiger partial charge in [0.1, 0.15) is 6.33 Å². The van der Waals surface area contributed by atoms with Crippen molar-refractivity contribution < 1.29 is 9.66 Å². The molecular weight excluding hydrogens is 312 g/mol. The Morgan fingerprint density at radius 1 is 1.33 bits per heavy atom. The van der Waals surface area contributed by atoms with Crippen LogP contribution < -0.4 is 10.2 Å². The molecule has 1 aromatic heterocycles. The van der Waals surface area contributed by atoms with Gasteiger partial charge in [0.15, 0.2) is 0 Å². The maximum atomic E-state index is 11.6. The van der Waals surface area contributed by atoms with Crippen LogP contribution in [0.3, 0.4) is 0 Å². The molecule has 0 atom stereocenters. The van der Waals surface area contributed by atoms with Crippen molar-refractivity contribution in [3.63, 3.8) is 0 Å². The summed E-state index contributed by atoms with van der Waals surface area (Å²) in [5.41, 5.74) is -0.0492. The van der Waals surface area contributed by atoms with Crippen molar-refractivity contribution in [2.24, 2.45) is 0 Å². The first-order valence-corrected chi connectivity index (χ1v) is 8.27. The standard InChI is InChI=1S/C15H26N6O3/c1-12(2)24-10-4-5-16-14-13(21(22)23)15(18-11-17-14)20-8-6-19(3)7-9-20/h11-12H,4-10H2,1-3H3,(H,16,17,18). The predicted octanol–water partition coefficient (Wildman–Crippen LogP) is 1.36. The summed E-state index contributed by atoms with van der Waals surface area (Å²) in [5.74, 6) is 0.664. The van der Waals surface area contributed by atoms with Crippen LogP contribution in [0.2, 0.25) is 0 Å². The topological polar surface area (TPSA) is 96.7 Å². The van der Waals surface area contributed by atoms with Gasteiger partial charge < -0.3 is 19.9 Å². The molecule has 1 aromatic rings. The van der Waals surface area contributed by atoms with Gasteiger partial charge >= 0.3 is 5.69 Å². The average molecular weight is 338 g/mol. The van der Waals surface area contributed by atoms with Gasteiger partial charge in [-0.3, -0.25) is 10.1 Å². The number of hydrogen-bond donors (Lipinski definition) is 1. The summed E-state index contributed by atoms with van der Waals surface area (Å²) in [6.07, 6.45) is 2.32. The molecule has 1 saturated heterocycles. The number of ether oxygens (including phenoxy) is 1. The van der Waals surface area contributed by atoms with Crippen LogP contribution in [0, 0.1) is 10.1 Å². The number of nitro groups is 1. The molecule has 0 saturated carbocycles. The highest BCUT2D eigenvalue weighted by molar-refractivity contribution is 5.70. The highest BCUT2D eigenvalue weighted by atomic mass is 16.6. The lowest BCUT2D eigenvalue weighted by Gasteiger charge is -2.32. The molecule has 0 aliphatic carbocycles. The summed E-state index contributed by atoms with van der Waals surface area (Å²) in [6, 6.07) is 0. The first-order chi connectivity index (χ1) is 11.5. The van der Waals surface area contributed by atoms with Crippen molar-refractivity contribution in [3.8, 4) is 0 Å². The van der Waals surface area contributed by atoms with Crippen LogP contribution in [-0.2, 0) is 4.74 Å². The van der Waals surface area contributed by atoms with Gasteiger partial charge in [-0.25, -0.2) is 9.97 Å². The SMILES string of the molecule is CC(C)OCCCNc1ncnc(N2CCN(C)CC2)c1[N+](=O)[O-]. The molecule has 2 rings (SSSR count). The van der Waals surface area contributed by atoms with Gasteiger partial charge in [-0.15, -0.1) is 0 Å². The minimum Gasteiger partial charge on any atom is -0.379 e. The van der Waals surface area contributed by atoms with Crippen LogP contribution in [0.15, 0.2) is 6.33 Å². The van der Waals surface area contributed by atoms with E-state index in [1.807, 2.05) is 25.8 Å². The first-order valence-electron chi connectivity index (χ1n) is 8.27. The second kappa shape index (κ2) is 8.74. The number of rotatable bonds is 8. The Kier molecular flexibility index (Phi) is 6.68. The molecule has 24 heavy (non-hydrogen) atoms. The van der Waals surface area contributed by atoms with Gasteiger partial charge in [0.2, 0.25) is 11.6 Å². The third-order valence-corrected chi connectivity index (χ3v) is 3.85. The molecular formula is C15H26N6O3. The van der Waals surface area contributed by atoms with Crippen molar-refractivity contribution in [2.45, 2.75) is 26.4 Å². The zero-order valence-corrected chi connectivity index (χ0v) is 14.6. The number of piperazine rings is 1. The Morgan fingerprint density at radius 2 is 2.04 bits per heavy atom. The predicted molar refractivity (Wildman–Crippen MR) is 92.6 cm³/mol. The summed E-state index contributed by atoms with van der Waals surface area (Å²) in [4.78, 5) is 23.5. The van der Waals surface area contributed by atoms with E-state index in [0.29, 0.717) is 19.0 Å². The number of aromatic nitrogens is 2. The van der Waals surface area contributed by atoms with Crippen LogP contribution in [-0.4, -0.2) is 72.3 Å². The molecule has 1 N–H and O–H groups in total. The molecule has 1 fully saturated rings. The van der Waals surface area contributed by atoms with Crippen molar-refractivity contribution in [2.75, 3.05) is 56.6 Å². The highest BCUT2D eigenvalue weighted by Gasteiger charge is 2.28. The maximum absolute atomic E-state index is 11.6. The van der Waals surface area contributed by atoms with Crippen LogP contribution in [0.4, 0.5) is 17.3 Å². The highest BCUT2D eigenvalue weighted by Crippen LogP contribution is 2.32. The summed E-state index contributed by atoms with van der Waals surface area (Å²) in [5, 5.41) is 14.6. The summed E-state index contributed by atoms with van der Waals surface area (Å²) < 4.78 is 5.47. The van der Waals surface area contributed by atoms with E-state index in [4.69, 9.17) is 4.74 Å². The second-order valence-electron chi connectivity index (χ2n) is 6.14. The van der Waals surface area contributed by atoms with Gasteiger partial charge in [-0.05, 0) is 27.3 Å². The van der Waals surface area contributed by atoms with E-state index in [-0.39, 0.29) is 17.6 Å². The summed E-state index contributed by atoms with van der Waals surface area (Å²) in [7, 11) is 2.04. The van der Waals surface area contributed by atoms with Crippen LogP contribution in [0.25, 0.3) is 0 Å². The molecule has 2 heterocycles. The molecule has 1 aliphatic rings. The maximum Gasteiger partial charge on any atom is 0.353 e. The zero-order valence-electron chi connectivity index (χ0n) is 14.6. The Balaban J connectivity index is 2.05. The fourth-order valence-corrected chi connectivity index (χ4v) is 2.51. The number of nitrogens with zero attached hydrogens (tertiary/aromatic N) is 5. The summed E-state index contributed by atoms with van der Waals surface area (Å²) >= 11 is 0. The van der Waals surface area contributed by atoms with E-state index in [2.05, 4.69) is 20.2 Å². The molecule has 0 bridgehead atoms. The Bertz CT molecular complexity index is 546. The molecule has 9 nitrogen and oxygen atoms in total. The van der Waals surface area contributed by atoms with Crippen LogP contribution in [0.5, 0.6) is 0 Å². The largest absolute Gasteiger partial charge is 0.379 e. The van der Waals surface area contributed by atoms with Gasteiger partial charge in [-0.2, -0.15) is 0 Å². The minimum absolute atomic E-state index is 0.0492. The lowest BCUT2D eigenvalue weighted by molar-refractivity contribution is -0.383. The molecule has 0 amide bonds. The second-order valence-corrected chi connectivity index (χ2v) is 6.14. The number of anilines is 2. The Morgan fingerprint density at radius 3 is 2.67 bits per heavy atom. The van der Waals surface area contributed by atoms with Crippen molar-refractivity contribution >= 4 is 17.3 Å². The van der Waals surface area contributed by atoms with Crippen LogP contribution >= 0.6 is 0 Å². The molecule has 0 radical (unpaired) electrons. The fourth-order valence-electron chi connectivity index (χ4n) is 2.51. The van der Waals surface area contributed by atoms with Crippen molar-refractivity contribution in [1.29, 1.82) is 0 Å². The Hall–Kier alpha value is -2.00. The van der Waals surface area contributed by atoms with E-state index < -0.39 is 4.92 Å². The number of hydrogen-bond acceptors (Lipinski definition) is 8. The molecule has 9 heteroatoms. The van der Waals surface area contributed by atoms with Gasteiger partial charge in [0.25, 0.3) is 0 Å². The molecule has 0 aromatic carbocycles. The zero-order chi connectivity index (χ0) is 17.5. The van der Waals surface area contributed by atoms with E-state index >= 15 is 0 Å². The third kappa shape index (κ3) is 5.00. The number of nitrogens with one attached hydrogen (secondary N) is 1. The Labute approximate surface area is 142 Å². The summed E-state index contributed by atoms with van der Waals surface area (Å²) in [6.45, 7) is 8.27. The van der Waals surface area contributed by atoms with Gasteiger partial charge in [-0.1, -0.05) is 0 Å². The van der Waals surface area contributed by atoms with E-state index in [0.717, 1.165) is 32.6 Å². The van der Waals surface area contributed by atoms with E-state index in [1.54, 1.807) is 0 Å². The smallest absolute Gasteiger partial charge is 0.353 e. The number of likely N-dealkylation sites (N-methyl/N-ethyl adjacent to an activating group) is 1. The van der Waals surface area contributed by atoms with Crippen LogP contribution in [0.1, 0.15) is 20.3 Å². The molecule has 0 unspecified atom stereocenters. The monoisotopic (exact) mass is 338 g/mol. The molecule has 1 aliphatic heterocycles. The van der Waals surface area contributed by atoms with E-state index in [1.165, 1.54) is 6.33 Å². The quantitative estimate of drug-likeness (QED) is 0.431. The lowest BCUT2D eigenvalue weighted by Crippen LogP contribution is -2.45. The third-order valence-electron chi connectivity index (χ3n) is 3.85.